The predicted molar refractivity (Wildman–Crippen MR) is 91.5 cm³/mol. The van der Waals surface area contributed by atoms with Crippen LogP contribution in [0, 0.1) is 0 Å². The van der Waals surface area contributed by atoms with Crippen molar-refractivity contribution in [2.45, 2.75) is 12.8 Å². The van der Waals surface area contributed by atoms with E-state index in [1.807, 2.05) is 25.2 Å². The summed E-state index contributed by atoms with van der Waals surface area (Å²) in [5, 5.41) is 0. The fraction of sp³-hybridized carbons (Fsp3) is 0.278. The number of nitrogen functional groups attached to an aromatic ring is 1. The first-order valence-electron chi connectivity index (χ1n) is 7.64. The highest BCUT2D eigenvalue weighted by Crippen LogP contribution is 2.31. The summed E-state index contributed by atoms with van der Waals surface area (Å²) >= 11 is 0. The normalized spacial score (nSPS) is 14.1. The van der Waals surface area contributed by atoms with Gasteiger partial charge in [-0.15, -0.1) is 0 Å². The topological polar surface area (TPSA) is 49.6 Å². The van der Waals surface area contributed by atoms with E-state index in [-0.39, 0.29) is 5.91 Å². The lowest BCUT2D eigenvalue weighted by atomic mass is 10.1. The zero-order chi connectivity index (χ0) is 15.5. The highest BCUT2D eigenvalue weighted by molar-refractivity contribution is 6.07. The zero-order valence-electron chi connectivity index (χ0n) is 12.8. The molecule has 3 rings (SSSR count). The van der Waals surface area contributed by atoms with Gasteiger partial charge in [-0.05, 0) is 49.2 Å². The van der Waals surface area contributed by atoms with Crippen LogP contribution in [-0.4, -0.2) is 26.0 Å². The zero-order valence-corrected chi connectivity index (χ0v) is 12.8. The first-order valence-corrected chi connectivity index (χ1v) is 7.64. The van der Waals surface area contributed by atoms with Crippen LogP contribution >= 0.6 is 0 Å². The van der Waals surface area contributed by atoms with Crippen molar-refractivity contribution in [1.82, 2.24) is 0 Å². The Balaban J connectivity index is 1.89. The molecule has 1 aliphatic heterocycles. The molecule has 1 amide bonds. The van der Waals surface area contributed by atoms with E-state index in [2.05, 4.69) is 11.0 Å². The van der Waals surface area contributed by atoms with Crippen LogP contribution in [0.3, 0.4) is 0 Å². The molecule has 0 spiro atoms. The van der Waals surface area contributed by atoms with Crippen LogP contribution in [0.5, 0.6) is 0 Å². The molecule has 1 aliphatic rings. The lowest BCUT2D eigenvalue weighted by Crippen LogP contribution is -2.29. The molecule has 0 bridgehead atoms. The second-order valence-electron chi connectivity index (χ2n) is 5.67. The monoisotopic (exact) mass is 295 g/mol. The number of benzene rings is 2. The van der Waals surface area contributed by atoms with Crippen molar-refractivity contribution in [1.29, 1.82) is 0 Å². The number of carbonyl (C=O) groups is 1. The van der Waals surface area contributed by atoms with Gasteiger partial charge in [0, 0.05) is 31.4 Å². The average Bonchev–Trinajstić information content (AvgIpc) is 3.08. The van der Waals surface area contributed by atoms with E-state index in [4.69, 9.17) is 5.73 Å². The third kappa shape index (κ3) is 2.77. The van der Waals surface area contributed by atoms with Crippen molar-refractivity contribution in [2.24, 2.45) is 0 Å². The molecule has 0 atom stereocenters. The van der Waals surface area contributed by atoms with E-state index in [1.165, 1.54) is 12.8 Å². The Morgan fingerprint density at radius 1 is 1.05 bits per heavy atom. The molecule has 1 fully saturated rings. The minimum Gasteiger partial charge on any atom is -0.399 e. The largest absolute Gasteiger partial charge is 0.399 e. The van der Waals surface area contributed by atoms with E-state index in [1.54, 1.807) is 29.2 Å². The lowest BCUT2D eigenvalue weighted by molar-refractivity contribution is 0.0993. The molecule has 4 heteroatoms. The molecule has 0 radical (unpaired) electrons. The van der Waals surface area contributed by atoms with Gasteiger partial charge in [0.1, 0.15) is 0 Å². The molecular weight excluding hydrogens is 274 g/mol. The van der Waals surface area contributed by atoms with Gasteiger partial charge in [-0.25, -0.2) is 0 Å². The molecule has 0 unspecified atom stereocenters. The molecule has 2 N–H and O–H groups in total. The van der Waals surface area contributed by atoms with Crippen LogP contribution in [0.25, 0.3) is 0 Å². The summed E-state index contributed by atoms with van der Waals surface area (Å²) in [5.41, 5.74) is 9.08. The van der Waals surface area contributed by atoms with Gasteiger partial charge < -0.3 is 15.5 Å². The van der Waals surface area contributed by atoms with Gasteiger partial charge >= 0.3 is 0 Å². The second kappa shape index (κ2) is 6.10. The van der Waals surface area contributed by atoms with Crippen molar-refractivity contribution in [3.05, 3.63) is 54.1 Å². The van der Waals surface area contributed by atoms with Gasteiger partial charge in [-0.1, -0.05) is 12.1 Å². The number of hydrogen-bond acceptors (Lipinski definition) is 3. The van der Waals surface area contributed by atoms with Crippen LogP contribution in [0.4, 0.5) is 17.1 Å². The Bertz CT molecular complexity index is 660. The van der Waals surface area contributed by atoms with Gasteiger partial charge in [0.15, 0.2) is 0 Å². The minimum atomic E-state index is -0.0216. The molecule has 1 heterocycles. The minimum absolute atomic E-state index is 0.0216. The number of anilines is 3. The molecule has 114 valence electrons. The smallest absolute Gasteiger partial charge is 0.258 e. The number of nitrogens with zero attached hydrogens (tertiary/aromatic N) is 2. The Morgan fingerprint density at radius 3 is 2.36 bits per heavy atom. The third-order valence-electron chi connectivity index (χ3n) is 4.15. The van der Waals surface area contributed by atoms with Crippen LogP contribution < -0.4 is 15.5 Å². The molecule has 2 aromatic rings. The number of hydrogen-bond donors (Lipinski definition) is 1. The number of para-hydroxylation sites is 2. The van der Waals surface area contributed by atoms with Gasteiger partial charge in [-0.3, -0.25) is 4.79 Å². The summed E-state index contributed by atoms with van der Waals surface area (Å²) in [4.78, 5) is 16.8. The van der Waals surface area contributed by atoms with E-state index in [0.717, 1.165) is 24.5 Å². The summed E-state index contributed by atoms with van der Waals surface area (Å²) < 4.78 is 0. The number of carbonyl (C=O) groups excluding carboxylic acids is 1. The van der Waals surface area contributed by atoms with E-state index >= 15 is 0 Å². The van der Waals surface area contributed by atoms with Gasteiger partial charge in [0.2, 0.25) is 0 Å². The summed E-state index contributed by atoms with van der Waals surface area (Å²) in [7, 11) is 1.83. The van der Waals surface area contributed by atoms with E-state index in [9.17, 15) is 4.79 Å². The highest BCUT2D eigenvalue weighted by atomic mass is 16.2. The molecule has 0 saturated carbocycles. The van der Waals surface area contributed by atoms with Crippen LogP contribution in [0.1, 0.15) is 23.2 Å². The van der Waals surface area contributed by atoms with Crippen LogP contribution in [0.15, 0.2) is 48.5 Å². The quantitative estimate of drug-likeness (QED) is 0.885. The first-order chi connectivity index (χ1) is 10.7. The van der Waals surface area contributed by atoms with Crippen molar-refractivity contribution in [2.75, 3.05) is 35.7 Å². The Hall–Kier alpha value is -2.49. The molecule has 0 aromatic heterocycles. The molecule has 0 aliphatic carbocycles. The maximum atomic E-state index is 12.7. The molecular formula is C18H21N3O. The van der Waals surface area contributed by atoms with Gasteiger partial charge in [0.05, 0.1) is 11.4 Å². The van der Waals surface area contributed by atoms with Crippen molar-refractivity contribution in [3.8, 4) is 0 Å². The van der Waals surface area contributed by atoms with Crippen LogP contribution in [0.2, 0.25) is 0 Å². The fourth-order valence-corrected chi connectivity index (χ4v) is 2.90. The summed E-state index contributed by atoms with van der Waals surface area (Å²) in [5.74, 6) is -0.0216. The van der Waals surface area contributed by atoms with Gasteiger partial charge in [0.25, 0.3) is 5.91 Å². The molecule has 4 nitrogen and oxygen atoms in total. The van der Waals surface area contributed by atoms with Crippen molar-refractivity contribution < 1.29 is 4.79 Å². The predicted octanol–water partition coefficient (Wildman–Crippen LogP) is 3.15. The van der Waals surface area contributed by atoms with E-state index in [0.29, 0.717) is 11.3 Å². The number of nitrogens with two attached hydrogens (primary N) is 1. The second-order valence-corrected chi connectivity index (χ2v) is 5.67. The number of amides is 1. The summed E-state index contributed by atoms with van der Waals surface area (Å²) in [6, 6.07) is 15.1. The summed E-state index contributed by atoms with van der Waals surface area (Å²) in [6.45, 7) is 2.11. The molecule has 1 saturated heterocycles. The third-order valence-corrected chi connectivity index (χ3v) is 4.15. The standard InChI is InChI=1S/C18H21N3O/c1-20(18(22)14-8-10-15(19)11-9-14)16-6-2-3-7-17(16)21-12-4-5-13-21/h2-3,6-11H,4-5,12-13,19H2,1H3. The Morgan fingerprint density at radius 2 is 1.68 bits per heavy atom. The summed E-state index contributed by atoms with van der Waals surface area (Å²) in [6.07, 6.45) is 2.42. The average molecular weight is 295 g/mol. The van der Waals surface area contributed by atoms with E-state index < -0.39 is 0 Å². The lowest BCUT2D eigenvalue weighted by Gasteiger charge is -2.26. The van der Waals surface area contributed by atoms with Crippen molar-refractivity contribution in [3.63, 3.8) is 0 Å². The fourth-order valence-electron chi connectivity index (χ4n) is 2.90. The Labute approximate surface area is 131 Å². The Kier molecular flexibility index (Phi) is 4.00. The van der Waals surface area contributed by atoms with Crippen molar-refractivity contribution >= 4 is 23.0 Å². The maximum absolute atomic E-state index is 12.7. The molecule has 2 aromatic carbocycles. The van der Waals surface area contributed by atoms with Crippen LogP contribution in [-0.2, 0) is 0 Å². The van der Waals surface area contributed by atoms with Gasteiger partial charge in [-0.2, -0.15) is 0 Å². The SMILES string of the molecule is CN(C(=O)c1ccc(N)cc1)c1ccccc1N1CCCC1. The highest BCUT2D eigenvalue weighted by Gasteiger charge is 2.20. The molecule has 22 heavy (non-hydrogen) atoms. The number of rotatable bonds is 3. The first kappa shape index (κ1) is 14.4. The maximum Gasteiger partial charge on any atom is 0.258 e.